The van der Waals surface area contributed by atoms with E-state index >= 15 is 0 Å². The molecule has 7 aromatic rings. The second-order valence-electron chi connectivity index (χ2n) is 30.8. The summed E-state index contributed by atoms with van der Waals surface area (Å²) in [6, 6.07) is 44.5. The third-order valence-corrected chi connectivity index (χ3v) is 23.1. The zero-order valence-electron chi connectivity index (χ0n) is 51.4. The van der Waals surface area contributed by atoms with Crippen LogP contribution >= 0.6 is 11.3 Å². The molecule has 13 rings (SSSR count). The summed E-state index contributed by atoms with van der Waals surface area (Å²) in [6.07, 6.45) is 9.49. The van der Waals surface area contributed by atoms with Crippen molar-refractivity contribution in [2.24, 2.45) is 0 Å². The number of hydrogen-bond donors (Lipinski definition) is 0. The Morgan fingerprint density at radius 2 is 1.09 bits per heavy atom. The summed E-state index contributed by atoms with van der Waals surface area (Å²) in [5.41, 5.74) is 27.5. The van der Waals surface area contributed by atoms with E-state index in [1.54, 1.807) is 16.0 Å². The van der Waals surface area contributed by atoms with E-state index in [2.05, 4.69) is 260 Å². The highest BCUT2D eigenvalue weighted by molar-refractivity contribution is 7.29. The second kappa shape index (κ2) is 17.0. The Hall–Kier alpha value is -5.52. The molecular formula is C74H88BN3S. The van der Waals surface area contributed by atoms with Crippen LogP contribution in [0.5, 0.6) is 0 Å². The molecule has 6 aromatic carbocycles. The zero-order valence-corrected chi connectivity index (χ0v) is 52.2. The van der Waals surface area contributed by atoms with Crippen molar-refractivity contribution < 1.29 is 0 Å². The van der Waals surface area contributed by atoms with E-state index in [1.165, 1.54) is 138 Å². The van der Waals surface area contributed by atoms with Crippen LogP contribution < -0.4 is 30.4 Å². The minimum Gasteiger partial charge on any atom is -0.334 e. The number of hydrogen-bond acceptors (Lipinski definition) is 4. The van der Waals surface area contributed by atoms with Gasteiger partial charge in [0.05, 0.1) is 16.9 Å². The molecule has 0 spiro atoms. The van der Waals surface area contributed by atoms with Gasteiger partial charge in [0.15, 0.2) is 0 Å². The lowest BCUT2D eigenvalue weighted by atomic mass is 9.35. The quantitative estimate of drug-likeness (QED) is 0.163. The number of fused-ring (bicyclic) bond motifs is 10. The highest BCUT2D eigenvalue weighted by Crippen LogP contribution is 2.64. The minimum absolute atomic E-state index is 0.00994. The Bertz CT molecular complexity index is 3670. The molecule has 0 amide bonds. The first-order valence-corrected chi connectivity index (χ1v) is 31.2. The van der Waals surface area contributed by atoms with E-state index in [4.69, 9.17) is 0 Å². The van der Waals surface area contributed by atoms with Gasteiger partial charge in [-0.25, -0.2) is 0 Å². The Morgan fingerprint density at radius 1 is 0.494 bits per heavy atom. The number of nitrogens with zero attached hydrogens (tertiary/aromatic N) is 3. The van der Waals surface area contributed by atoms with Crippen molar-refractivity contribution in [3.8, 4) is 11.1 Å². The molecule has 4 heterocycles. The van der Waals surface area contributed by atoms with Gasteiger partial charge in [0, 0.05) is 54.8 Å². The number of anilines is 8. The fourth-order valence-electron chi connectivity index (χ4n) is 16.4. The molecule has 3 aliphatic carbocycles. The van der Waals surface area contributed by atoms with Crippen LogP contribution in [-0.2, 0) is 37.9 Å². The summed E-state index contributed by atoms with van der Waals surface area (Å²) in [6.45, 7) is 44.5. The molecule has 6 aliphatic rings. The average Bonchev–Trinajstić information content (AvgIpc) is 2.37. The summed E-state index contributed by atoms with van der Waals surface area (Å²) >= 11 is 2.16. The lowest BCUT2D eigenvalue weighted by molar-refractivity contribution is 0.194. The van der Waals surface area contributed by atoms with Crippen molar-refractivity contribution in [2.45, 2.75) is 219 Å². The standard InChI is InChI=1S/C74H88BN3S/c1-45-38-46(2)61-58(39-45)78(74(18)33-23-22-32-73(61,74)17)51-41-59-63-60(42-51)77(56-31-28-49(68(6,7)8)40-52(56)47-24-20-19-21-25-47)57-44-54-53(69(9,10)34-35-70(54,11)12)43-55(57)75(63)66-64(62-65(79-66)72(15,16)37-36-71(62,13)14)76(59)50-29-26-48(27-30-50)67(3,4)5/h19-21,24-31,38-44H,22-23,32-37H2,1-18H3. The zero-order chi connectivity index (χ0) is 56.1. The van der Waals surface area contributed by atoms with Gasteiger partial charge in [-0.2, -0.15) is 11.3 Å². The summed E-state index contributed by atoms with van der Waals surface area (Å²) in [5, 5.41) is 0. The fraction of sp³-hybridized carbons (Fsp3) is 0.459. The molecule has 3 nitrogen and oxygen atoms in total. The molecule has 0 N–H and O–H groups in total. The molecule has 0 radical (unpaired) electrons. The van der Waals surface area contributed by atoms with Crippen LogP contribution in [0.3, 0.4) is 0 Å². The van der Waals surface area contributed by atoms with Gasteiger partial charge in [0.1, 0.15) is 0 Å². The molecule has 79 heavy (non-hydrogen) atoms. The van der Waals surface area contributed by atoms with Crippen LogP contribution in [0.2, 0.25) is 0 Å². The van der Waals surface area contributed by atoms with Crippen LogP contribution in [0.25, 0.3) is 11.1 Å². The summed E-state index contributed by atoms with van der Waals surface area (Å²) < 4.78 is 1.51. The molecule has 2 unspecified atom stereocenters. The van der Waals surface area contributed by atoms with Crippen molar-refractivity contribution in [1.29, 1.82) is 0 Å². The third-order valence-electron chi connectivity index (χ3n) is 21.5. The lowest BCUT2D eigenvalue weighted by Gasteiger charge is -2.51. The Kier molecular flexibility index (Phi) is 11.4. The predicted molar refractivity (Wildman–Crippen MR) is 344 cm³/mol. The molecule has 408 valence electrons. The average molecular weight is 1060 g/mol. The number of aryl methyl sites for hydroxylation is 2. The van der Waals surface area contributed by atoms with E-state index in [9.17, 15) is 0 Å². The molecule has 5 heteroatoms. The van der Waals surface area contributed by atoms with Crippen molar-refractivity contribution >= 4 is 79.3 Å². The van der Waals surface area contributed by atoms with Crippen LogP contribution in [-0.4, -0.2) is 12.3 Å². The van der Waals surface area contributed by atoms with Gasteiger partial charge < -0.3 is 14.7 Å². The maximum atomic E-state index is 2.90. The van der Waals surface area contributed by atoms with E-state index in [0.717, 1.165) is 19.3 Å². The van der Waals surface area contributed by atoms with Gasteiger partial charge in [0.25, 0.3) is 6.71 Å². The lowest BCUT2D eigenvalue weighted by Crippen LogP contribution is -2.61. The van der Waals surface area contributed by atoms with Crippen LogP contribution in [0.4, 0.5) is 45.5 Å². The Labute approximate surface area is 480 Å². The topological polar surface area (TPSA) is 9.72 Å². The normalized spacial score (nSPS) is 22.8. The van der Waals surface area contributed by atoms with Crippen molar-refractivity contribution in [2.75, 3.05) is 14.7 Å². The first-order valence-electron chi connectivity index (χ1n) is 30.3. The third kappa shape index (κ3) is 7.61. The summed E-state index contributed by atoms with van der Waals surface area (Å²) in [5.74, 6) is 0. The molecule has 1 saturated carbocycles. The number of benzene rings is 6. The molecule has 1 fully saturated rings. The van der Waals surface area contributed by atoms with Crippen molar-refractivity contribution in [3.05, 3.63) is 159 Å². The van der Waals surface area contributed by atoms with Gasteiger partial charge in [-0.1, -0.05) is 177 Å². The summed E-state index contributed by atoms with van der Waals surface area (Å²) in [7, 11) is 0. The van der Waals surface area contributed by atoms with Gasteiger partial charge in [-0.3, -0.25) is 0 Å². The second-order valence-corrected chi connectivity index (χ2v) is 31.8. The highest BCUT2D eigenvalue weighted by atomic mass is 32.1. The monoisotopic (exact) mass is 1060 g/mol. The summed E-state index contributed by atoms with van der Waals surface area (Å²) in [4.78, 5) is 10.1. The van der Waals surface area contributed by atoms with E-state index in [0.29, 0.717) is 0 Å². The van der Waals surface area contributed by atoms with E-state index < -0.39 is 0 Å². The van der Waals surface area contributed by atoms with Crippen LogP contribution in [0.1, 0.15) is 212 Å². The van der Waals surface area contributed by atoms with E-state index in [1.807, 2.05) is 0 Å². The molecule has 3 aliphatic heterocycles. The Morgan fingerprint density at radius 3 is 1.75 bits per heavy atom. The molecular weight excluding hydrogens is 974 g/mol. The Balaban J connectivity index is 1.23. The van der Waals surface area contributed by atoms with Crippen molar-refractivity contribution in [1.82, 2.24) is 0 Å². The van der Waals surface area contributed by atoms with E-state index in [-0.39, 0.29) is 50.2 Å². The maximum Gasteiger partial charge on any atom is 0.264 e. The first-order chi connectivity index (χ1) is 37.0. The van der Waals surface area contributed by atoms with Gasteiger partial charge in [-0.15, -0.1) is 0 Å². The predicted octanol–water partition coefficient (Wildman–Crippen LogP) is 19.1. The van der Waals surface area contributed by atoms with Gasteiger partial charge >= 0.3 is 0 Å². The maximum absolute atomic E-state index is 2.90. The van der Waals surface area contributed by atoms with Crippen LogP contribution in [0, 0.1) is 13.8 Å². The van der Waals surface area contributed by atoms with Gasteiger partial charge in [0.2, 0.25) is 0 Å². The van der Waals surface area contributed by atoms with Crippen molar-refractivity contribution in [3.63, 3.8) is 0 Å². The molecule has 2 atom stereocenters. The highest BCUT2D eigenvalue weighted by Gasteiger charge is 2.59. The SMILES string of the molecule is Cc1cc(C)c2c(c1)N(c1cc3c4c(c1)N(c1ccc(C(C)(C)C)cc1)c1c(sc5c1C(C)(C)CCC5(C)C)B4c1cc4c(cc1N3c1ccc(C(C)(C)C)cc1-c1ccccc1)C(C)(C)CCC4(C)C)C1(C)CCCCC21C. The fourth-order valence-corrected chi connectivity index (χ4v) is 18.1. The number of thiophene rings is 1. The minimum atomic E-state index is -0.144. The smallest absolute Gasteiger partial charge is 0.264 e. The van der Waals surface area contributed by atoms with Gasteiger partial charge in [-0.05, 0) is 201 Å². The molecule has 0 saturated heterocycles. The molecule has 0 bridgehead atoms. The molecule has 1 aromatic heterocycles. The number of rotatable bonds is 4. The first kappa shape index (κ1) is 52.8. The largest absolute Gasteiger partial charge is 0.334 e. The van der Waals surface area contributed by atoms with Crippen LogP contribution in [0.15, 0.2) is 109 Å².